The van der Waals surface area contributed by atoms with E-state index < -0.39 is 0 Å². The normalized spacial score (nSPS) is 14.6. The molecule has 0 aliphatic carbocycles. The Bertz CT molecular complexity index is 1260. The predicted octanol–water partition coefficient (Wildman–Crippen LogP) is 3.34. The first-order valence-corrected chi connectivity index (χ1v) is 10.9. The molecule has 2 aromatic heterocycles. The standard InChI is InChI=1S/C25H26N6O/c1-29-13-15-30(16-14-29)21-9-7-20(8-10-21)27-25-26-17-22-23(32)11-12-31(24(22)28-25)18-19-5-3-2-4-6-19/h2-12,17H,13-16,18H2,1H3,(H,26,27,28). The zero-order valence-corrected chi connectivity index (χ0v) is 18.1. The summed E-state index contributed by atoms with van der Waals surface area (Å²) in [5.74, 6) is 0.470. The van der Waals surface area contributed by atoms with Gasteiger partial charge in [0.1, 0.15) is 5.65 Å². The van der Waals surface area contributed by atoms with Crippen molar-refractivity contribution < 1.29 is 0 Å². The van der Waals surface area contributed by atoms with Gasteiger partial charge < -0.3 is 19.7 Å². The summed E-state index contributed by atoms with van der Waals surface area (Å²) in [4.78, 5) is 26.1. The van der Waals surface area contributed by atoms with Crippen molar-refractivity contribution in [1.29, 1.82) is 0 Å². The molecular weight excluding hydrogens is 400 g/mol. The lowest BCUT2D eigenvalue weighted by Crippen LogP contribution is -2.44. The van der Waals surface area contributed by atoms with Gasteiger partial charge in [0.25, 0.3) is 0 Å². The van der Waals surface area contributed by atoms with Gasteiger partial charge in [0.05, 0.1) is 5.39 Å². The average molecular weight is 427 g/mol. The maximum Gasteiger partial charge on any atom is 0.229 e. The third kappa shape index (κ3) is 4.33. The number of aromatic nitrogens is 3. The molecule has 7 heteroatoms. The first kappa shape index (κ1) is 20.2. The van der Waals surface area contributed by atoms with Crippen molar-refractivity contribution in [3.8, 4) is 0 Å². The van der Waals surface area contributed by atoms with Crippen LogP contribution in [0.2, 0.25) is 0 Å². The van der Waals surface area contributed by atoms with Gasteiger partial charge in [-0.05, 0) is 36.9 Å². The van der Waals surface area contributed by atoms with Crippen LogP contribution in [-0.4, -0.2) is 52.7 Å². The number of nitrogens with zero attached hydrogens (tertiary/aromatic N) is 5. The molecule has 1 aliphatic heterocycles. The summed E-state index contributed by atoms with van der Waals surface area (Å²) < 4.78 is 1.98. The number of fused-ring (bicyclic) bond motifs is 1. The number of anilines is 3. The molecule has 1 fully saturated rings. The molecule has 1 saturated heterocycles. The van der Waals surface area contributed by atoms with Crippen LogP contribution in [0.5, 0.6) is 0 Å². The molecule has 1 N–H and O–H groups in total. The Morgan fingerprint density at radius 3 is 2.44 bits per heavy atom. The van der Waals surface area contributed by atoms with Crippen molar-refractivity contribution in [2.75, 3.05) is 43.4 Å². The van der Waals surface area contributed by atoms with Gasteiger partial charge >= 0.3 is 0 Å². The van der Waals surface area contributed by atoms with E-state index in [1.807, 2.05) is 34.9 Å². The van der Waals surface area contributed by atoms with E-state index in [2.05, 4.69) is 56.4 Å². The minimum absolute atomic E-state index is 0.0765. The quantitative estimate of drug-likeness (QED) is 0.528. The summed E-state index contributed by atoms with van der Waals surface area (Å²) in [5, 5.41) is 3.79. The lowest BCUT2D eigenvalue weighted by Gasteiger charge is -2.34. The molecular formula is C25H26N6O. The van der Waals surface area contributed by atoms with Gasteiger partial charge in [0, 0.05) is 62.6 Å². The maximum absolute atomic E-state index is 12.3. The molecule has 0 amide bonds. The van der Waals surface area contributed by atoms with E-state index in [4.69, 9.17) is 0 Å². The third-order valence-electron chi connectivity index (χ3n) is 5.90. The molecule has 0 atom stereocenters. The number of nitrogens with one attached hydrogen (secondary N) is 1. The van der Waals surface area contributed by atoms with Gasteiger partial charge in [-0.2, -0.15) is 4.98 Å². The molecule has 0 saturated carbocycles. The maximum atomic E-state index is 12.3. The Hall–Kier alpha value is -3.71. The van der Waals surface area contributed by atoms with Crippen LogP contribution in [0.3, 0.4) is 0 Å². The van der Waals surface area contributed by atoms with Crippen LogP contribution in [0.1, 0.15) is 5.56 Å². The second-order valence-electron chi connectivity index (χ2n) is 8.19. The number of pyridine rings is 1. The Morgan fingerprint density at radius 1 is 0.938 bits per heavy atom. The first-order chi connectivity index (χ1) is 15.7. The summed E-state index contributed by atoms with van der Waals surface area (Å²) in [7, 11) is 2.16. The highest BCUT2D eigenvalue weighted by Gasteiger charge is 2.14. The summed E-state index contributed by atoms with van der Waals surface area (Å²) in [6.45, 7) is 4.87. The number of hydrogen-bond donors (Lipinski definition) is 1. The zero-order valence-electron chi connectivity index (χ0n) is 18.1. The SMILES string of the molecule is CN1CCN(c2ccc(Nc3ncc4c(=O)ccn(Cc5ccccc5)c4n3)cc2)CC1. The average Bonchev–Trinajstić information content (AvgIpc) is 2.83. The summed E-state index contributed by atoms with van der Waals surface area (Å²) in [6.07, 6.45) is 3.40. The molecule has 0 unspecified atom stereocenters. The van der Waals surface area contributed by atoms with E-state index in [-0.39, 0.29) is 5.43 Å². The second kappa shape index (κ2) is 8.80. The molecule has 7 nitrogen and oxygen atoms in total. The van der Waals surface area contributed by atoms with Crippen LogP contribution in [0, 0.1) is 0 Å². The van der Waals surface area contributed by atoms with Gasteiger partial charge in [-0.1, -0.05) is 30.3 Å². The van der Waals surface area contributed by atoms with E-state index in [1.165, 1.54) is 5.69 Å². The Labute approximate surface area is 187 Å². The highest BCUT2D eigenvalue weighted by molar-refractivity contribution is 5.75. The molecule has 5 rings (SSSR count). The smallest absolute Gasteiger partial charge is 0.229 e. The van der Waals surface area contributed by atoms with Crippen LogP contribution in [0.15, 0.2) is 77.9 Å². The molecule has 0 radical (unpaired) electrons. The zero-order chi connectivity index (χ0) is 21.9. The van der Waals surface area contributed by atoms with Crippen molar-refractivity contribution in [1.82, 2.24) is 19.4 Å². The van der Waals surface area contributed by atoms with Crippen LogP contribution >= 0.6 is 0 Å². The minimum atomic E-state index is -0.0765. The summed E-state index contributed by atoms with van der Waals surface area (Å²) in [6, 6.07) is 20.0. The molecule has 0 spiro atoms. The van der Waals surface area contributed by atoms with Crippen LogP contribution in [0.4, 0.5) is 17.3 Å². The van der Waals surface area contributed by atoms with Crippen molar-refractivity contribution in [2.45, 2.75) is 6.54 Å². The van der Waals surface area contributed by atoms with Crippen molar-refractivity contribution in [3.63, 3.8) is 0 Å². The van der Waals surface area contributed by atoms with Gasteiger partial charge in [-0.3, -0.25) is 4.79 Å². The minimum Gasteiger partial charge on any atom is -0.369 e. The van der Waals surface area contributed by atoms with E-state index in [0.717, 1.165) is 37.4 Å². The van der Waals surface area contributed by atoms with Crippen LogP contribution in [-0.2, 0) is 6.54 Å². The Kier molecular flexibility index (Phi) is 5.56. The lowest BCUT2D eigenvalue weighted by molar-refractivity contribution is 0.313. The fraction of sp³-hybridized carbons (Fsp3) is 0.240. The molecule has 3 heterocycles. The number of benzene rings is 2. The van der Waals surface area contributed by atoms with Crippen molar-refractivity contribution >= 4 is 28.4 Å². The van der Waals surface area contributed by atoms with E-state index in [1.54, 1.807) is 18.5 Å². The number of piperazine rings is 1. The van der Waals surface area contributed by atoms with E-state index in [9.17, 15) is 4.79 Å². The highest BCUT2D eigenvalue weighted by atomic mass is 16.1. The van der Waals surface area contributed by atoms with Crippen molar-refractivity contribution in [3.05, 3.63) is 88.8 Å². The fourth-order valence-electron chi connectivity index (χ4n) is 4.00. The number of likely N-dealkylation sites (N-methyl/N-ethyl adjacent to an activating group) is 1. The van der Waals surface area contributed by atoms with Crippen molar-refractivity contribution in [2.24, 2.45) is 0 Å². The Morgan fingerprint density at radius 2 is 1.69 bits per heavy atom. The lowest BCUT2D eigenvalue weighted by atomic mass is 10.2. The third-order valence-corrected chi connectivity index (χ3v) is 5.90. The molecule has 4 aromatic rings. The monoisotopic (exact) mass is 426 g/mol. The predicted molar refractivity (Wildman–Crippen MR) is 129 cm³/mol. The van der Waals surface area contributed by atoms with Crippen LogP contribution in [0.25, 0.3) is 11.0 Å². The molecule has 162 valence electrons. The van der Waals surface area contributed by atoms with Gasteiger partial charge in [0.2, 0.25) is 5.95 Å². The van der Waals surface area contributed by atoms with Gasteiger partial charge in [0.15, 0.2) is 5.43 Å². The molecule has 0 bridgehead atoms. The Balaban J connectivity index is 1.38. The number of rotatable bonds is 5. The fourth-order valence-corrected chi connectivity index (χ4v) is 4.00. The van der Waals surface area contributed by atoms with Crippen LogP contribution < -0.4 is 15.6 Å². The molecule has 32 heavy (non-hydrogen) atoms. The molecule has 2 aromatic carbocycles. The summed E-state index contributed by atoms with van der Waals surface area (Å²) in [5.41, 5.74) is 3.82. The highest BCUT2D eigenvalue weighted by Crippen LogP contribution is 2.21. The molecule has 1 aliphatic rings. The van der Waals surface area contributed by atoms with E-state index >= 15 is 0 Å². The summed E-state index contributed by atoms with van der Waals surface area (Å²) >= 11 is 0. The van der Waals surface area contributed by atoms with Gasteiger partial charge in [-0.15, -0.1) is 0 Å². The first-order valence-electron chi connectivity index (χ1n) is 10.9. The second-order valence-corrected chi connectivity index (χ2v) is 8.19. The van der Waals surface area contributed by atoms with E-state index in [0.29, 0.717) is 23.5 Å². The van der Waals surface area contributed by atoms with Gasteiger partial charge in [-0.25, -0.2) is 4.98 Å². The number of hydrogen-bond acceptors (Lipinski definition) is 6. The topological polar surface area (TPSA) is 66.3 Å². The largest absolute Gasteiger partial charge is 0.369 e.